The lowest BCUT2D eigenvalue weighted by Gasteiger charge is -2.07. The second-order valence-electron chi connectivity index (χ2n) is 3.33. The van der Waals surface area contributed by atoms with E-state index in [9.17, 15) is 4.79 Å². The Kier molecular flexibility index (Phi) is 3.40. The zero-order valence-corrected chi connectivity index (χ0v) is 8.27. The number of carboxylic acid groups (broad SMARTS) is 1. The predicted molar refractivity (Wildman–Crippen MR) is 55.0 cm³/mol. The number of aromatic nitrogens is 1. The first-order valence-corrected chi connectivity index (χ1v) is 4.46. The van der Waals surface area contributed by atoms with Crippen molar-refractivity contribution in [1.29, 1.82) is 0 Å². The van der Waals surface area contributed by atoms with E-state index in [1.165, 1.54) is 0 Å². The molecule has 0 aromatic carbocycles. The van der Waals surface area contributed by atoms with Crippen LogP contribution in [0.4, 0.5) is 0 Å². The Balaban J connectivity index is 3.01. The molecule has 0 fully saturated rings. The Bertz CT molecular complexity index is 356. The smallest absolute Gasteiger partial charge is 0.328 e. The van der Waals surface area contributed by atoms with E-state index in [0.29, 0.717) is 5.92 Å². The lowest BCUT2D eigenvalue weighted by molar-refractivity contribution is -0.131. The Morgan fingerprint density at radius 3 is 2.86 bits per heavy atom. The van der Waals surface area contributed by atoms with Gasteiger partial charge in [0.15, 0.2) is 0 Å². The molecule has 3 nitrogen and oxygen atoms in total. The minimum Gasteiger partial charge on any atom is -0.478 e. The molecule has 0 saturated heterocycles. The maximum Gasteiger partial charge on any atom is 0.328 e. The zero-order chi connectivity index (χ0) is 10.6. The topological polar surface area (TPSA) is 50.2 Å². The second kappa shape index (κ2) is 4.56. The summed E-state index contributed by atoms with van der Waals surface area (Å²) in [5, 5.41) is 8.50. The average molecular weight is 191 g/mol. The highest BCUT2D eigenvalue weighted by Crippen LogP contribution is 2.18. The van der Waals surface area contributed by atoms with Crippen molar-refractivity contribution >= 4 is 12.0 Å². The predicted octanol–water partition coefficient (Wildman–Crippen LogP) is 2.30. The van der Waals surface area contributed by atoms with Gasteiger partial charge in [-0.25, -0.2) is 4.79 Å². The number of aliphatic carboxylic acids is 1. The van der Waals surface area contributed by atoms with Gasteiger partial charge in [0.1, 0.15) is 0 Å². The van der Waals surface area contributed by atoms with Crippen molar-refractivity contribution in [2.24, 2.45) is 0 Å². The van der Waals surface area contributed by atoms with Gasteiger partial charge in [0, 0.05) is 18.5 Å². The monoisotopic (exact) mass is 191 g/mol. The molecule has 1 heterocycles. The first kappa shape index (κ1) is 10.4. The first-order valence-electron chi connectivity index (χ1n) is 4.46. The van der Waals surface area contributed by atoms with E-state index >= 15 is 0 Å². The lowest BCUT2D eigenvalue weighted by atomic mass is 9.99. The summed E-state index contributed by atoms with van der Waals surface area (Å²) < 4.78 is 0. The van der Waals surface area contributed by atoms with Crippen LogP contribution in [0.1, 0.15) is 30.9 Å². The minimum atomic E-state index is -0.941. The van der Waals surface area contributed by atoms with Crippen LogP contribution in [0.3, 0.4) is 0 Å². The fourth-order valence-electron chi connectivity index (χ4n) is 1.24. The van der Waals surface area contributed by atoms with Gasteiger partial charge in [-0.2, -0.15) is 0 Å². The van der Waals surface area contributed by atoms with Crippen LogP contribution < -0.4 is 0 Å². The van der Waals surface area contributed by atoms with E-state index in [0.717, 1.165) is 17.2 Å². The van der Waals surface area contributed by atoms with Crippen LogP contribution in [-0.2, 0) is 4.79 Å². The standard InChI is InChI=1S/C11H13NO2/c1-8(2)10-5-6-12-7-9(10)3-4-11(13)14/h3-8H,1-2H3,(H,13,14)/b4-3+. The molecule has 3 heteroatoms. The number of rotatable bonds is 3. The molecule has 0 atom stereocenters. The Hall–Kier alpha value is -1.64. The largest absolute Gasteiger partial charge is 0.478 e. The summed E-state index contributed by atoms with van der Waals surface area (Å²) in [6.45, 7) is 4.13. The summed E-state index contributed by atoms with van der Waals surface area (Å²) >= 11 is 0. The Morgan fingerprint density at radius 2 is 2.29 bits per heavy atom. The summed E-state index contributed by atoms with van der Waals surface area (Å²) in [4.78, 5) is 14.3. The number of nitrogens with zero attached hydrogens (tertiary/aromatic N) is 1. The van der Waals surface area contributed by atoms with Gasteiger partial charge < -0.3 is 5.11 Å². The molecular weight excluding hydrogens is 178 g/mol. The molecule has 1 N–H and O–H groups in total. The van der Waals surface area contributed by atoms with Gasteiger partial charge in [0.2, 0.25) is 0 Å². The SMILES string of the molecule is CC(C)c1ccncc1/C=C/C(=O)O. The van der Waals surface area contributed by atoms with Crippen molar-refractivity contribution in [3.05, 3.63) is 35.7 Å². The van der Waals surface area contributed by atoms with Crippen molar-refractivity contribution < 1.29 is 9.90 Å². The molecule has 1 aromatic heterocycles. The highest BCUT2D eigenvalue weighted by Gasteiger charge is 2.03. The third-order valence-electron chi connectivity index (χ3n) is 1.91. The molecule has 0 bridgehead atoms. The summed E-state index contributed by atoms with van der Waals surface area (Å²) in [6.07, 6.45) is 6.09. The number of hydrogen-bond acceptors (Lipinski definition) is 2. The molecule has 0 aliphatic rings. The quantitative estimate of drug-likeness (QED) is 0.746. The van der Waals surface area contributed by atoms with Crippen molar-refractivity contribution in [2.45, 2.75) is 19.8 Å². The number of pyridine rings is 1. The van der Waals surface area contributed by atoms with Crippen molar-refractivity contribution in [3.8, 4) is 0 Å². The molecule has 1 aromatic rings. The van der Waals surface area contributed by atoms with E-state index in [2.05, 4.69) is 18.8 Å². The van der Waals surface area contributed by atoms with Crippen molar-refractivity contribution in [1.82, 2.24) is 4.98 Å². The number of carboxylic acids is 1. The third kappa shape index (κ3) is 2.69. The van der Waals surface area contributed by atoms with Crippen molar-refractivity contribution in [3.63, 3.8) is 0 Å². The van der Waals surface area contributed by atoms with Crippen molar-refractivity contribution in [2.75, 3.05) is 0 Å². The Morgan fingerprint density at radius 1 is 1.57 bits per heavy atom. The molecule has 0 aliphatic carbocycles. The maximum absolute atomic E-state index is 10.3. The summed E-state index contributed by atoms with van der Waals surface area (Å²) in [5.74, 6) is -0.574. The highest BCUT2D eigenvalue weighted by molar-refractivity contribution is 5.85. The minimum absolute atomic E-state index is 0.367. The van der Waals surface area contributed by atoms with Crippen LogP contribution >= 0.6 is 0 Å². The molecule has 0 radical (unpaired) electrons. The van der Waals surface area contributed by atoms with Gasteiger partial charge in [0.05, 0.1) is 0 Å². The summed E-state index contributed by atoms with van der Waals surface area (Å²) in [6, 6.07) is 1.91. The molecule has 74 valence electrons. The average Bonchev–Trinajstić information content (AvgIpc) is 2.15. The maximum atomic E-state index is 10.3. The first-order chi connectivity index (χ1) is 6.61. The molecule has 0 aliphatic heterocycles. The fourth-order valence-corrected chi connectivity index (χ4v) is 1.24. The van der Waals surface area contributed by atoms with Gasteiger partial charge in [-0.3, -0.25) is 4.98 Å². The van der Waals surface area contributed by atoms with Crippen LogP contribution in [0.15, 0.2) is 24.5 Å². The fraction of sp³-hybridized carbons (Fsp3) is 0.273. The molecule has 0 saturated carbocycles. The van der Waals surface area contributed by atoms with E-state index in [1.54, 1.807) is 18.5 Å². The van der Waals surface area contributed by atoms with E-state index < -0.39 is 5.97 Å². The van der Waals surface area contributed by atoms with E-state index in [1.807, 2.05) is 6.07 Å². The van der Waals surface area contributed by atoms with Gasteiger partial charge >= 0.3 is 5.97 Å². The molecule has 14 heavy (non-hydrogen) atoms. The third-order valence-corrected chi connectivity index (χ3v) is 1.91. The van der Waals surface area contributed by atoms with Crippen LogP contribution in [0.25, 0.3) is 6.08 Å². The molecule has 0 spiro atoms. The normalized spacial score (nSPS) is 11.1. The van der Waals surface area contributed by atoms with Gasteiger partial charge in [0.25, 0.3) is 0 Å². The number of carbonyl (C=O) groups is 1. The summed E-state index contributed by atoms with van der Waals surface area (Å²) in [5.41, 5.74) is 1.97. The number of hydrogen-bond donors (Lipinski definition) is 1. The van der Waals surface area contributed by atoms with E-state index in [4.69, 9.17) is 5.11 Å². The highest BCUT2D eigenvalue weighted by atomic mass is 16.4. The van der Waals surface area contributed by atoms with Crippen LogP contribution in [0.2, 0.25) is 0 Å². The van der Waals surface area contributed by atoms with Crippen LogP contribution in [0.5, 0.6) is 0 Å². The lowest BCUT2D eigenvalue weighted by Crippen LogP contribution is -1.93. The van der Waals surface area contributed by atoms with Crippen LogP contribution in [-0.4, -0.2) is 16.1 Å². The second-order valence-corrected chi connectivity index (χ2v) is 3.33. The Labute approximate surface area is 83.1 Å². The van der Waals surface area contributed by atoms with Gasteiger partial charge in [-0.15, -0.1) is 0 Å². The van der Waals surface area contributed by atoms with Gasteiger partial charge in [-0.1, -0.05) is 13.8 Å². The molecule has 0 unspecified atom stereocenters. The van der Waals surface area contributed by atoms with Gasteiger partial charge in [-0.05, 0) is 29.2 Å². The van der Waals surface area contributed by atoms with Crippen LogP contribution in [0, 0.1) is 0 Å². The molecule has 1 rings (SSSR count). The zero-order valence-electron chi connectivity index (χ0n) is 8.27. The van der Waals surface area contributed by atoms with E-state index in [-0.39, 0.29) is 0 Å². The molecule has 0 amide bonds. The summed E-state index contributed by atoms with van der Waals surface area (Å²) in [7, 11) is 0. The molecular formula is C11H13NO2.